The first-order valence-corrected chi connectivity index (χ1v) is 3.56. The van der Waals surface area contributed by atoms with E-state index in [4.69, 9.17) is 0 Å². The summed E-state index contributed by atoms with van der Waals surface area (Å²) in [6.45, 7) is 1.25. The maximum atomic E-state index is 12.2. The third kappa shape index (κ3) is 1.71. The molecule has 1 heterocycles. The molecule has 0 amide bonds. The fourth-order valence-electron chi connectivity index (χ4n) is 0.727. The minimum atomic E-state index is -4.43. The molecule has 0 fully saturated rings. The zero-order valence-corrected chi connectivity index (χ0v) is 6.31. The lowest BCUT2D eigenvalue weighted by atomic mass is 10.3. The van der Waals surface area contributed by atoms with Crippen LogP contribution in [-0.2, 0) is 6.18 Å². The Balaban J connectivity index is 3.13. The SMILES string of the molecule is Cc1sc(F)cc1C(F)(F)F. The lowest BCUT2D eigenvalue weighted by Crippen LogP contribution is -2.04. The van der Waals surface area contributed by atoms with Gasteiger partial charge in [-0.3, -0.25) is 0 Å². The number of thiophene rings is 1. The second-order valence-corrected chi connectivity index (χ2v) is 3.22. The highest BCUT2D eigenvalue weighted by molar-refractivity contribution is 7.10. The van der Waals surface area contributed by atoms with Gasteiger partial charge >= 0.3 is 6.18 Å². The highest BCUT2D eigenvalue weighted by Crippen LogP contribution is 2.35. The lowest BCUT2D eigenvalue weighted by molar-refractivity contribution is -0.137. The summed E-state index contributed by atoms with van der Waals surface area (Å²) >= 11 is 0.509. The van der Waals surface area contributed by atoms with Gasteiger partial charge < -0.3 is 0 Å². The average molecular weight is 184 g/mol. The van der Waals surface area contributed by atoms with Gasteiger partial charge in [0.25, 0.3) is 0 Å². The molecule has 0 aliphatic heterocycles. The number of hydrogen-bond acceptors (Lipinski definition) is 1. The van der Waals surface area contributed by atoms with E-state index < -0.39 is 16.9 Å². The van der Waals surface area contributed by atoms with Crippen LogP contribution in [0.15, 0.2) is 6.07 Å². The summed E-state index contributed by atoms with van der Waals surface area (Å²) in [4.78, 5) is -0.0324. The molecule has 0 aliphatic carbocycles. The van der Waals surface area contributed by atoms with Crippen molar-refractivity contribution in [1.29, 1.82) is 0 Å². The van der Waals surface area contributed by atoms with E-state index in [1.807, 2.05) is 0 Å². The molecule has 11 heavy (non-hydrogen) atoms. The molecule has 0 bridgehead atoms. The number of halogens is 4. The van der Waals surface area contributed by atoms with Gasteiger partial charge in [0, 0.05) is 4.88 Å². The minimum absolute atomic E-state index is 0.0324. The first kappa shape index (κ1) is 8.52. The van der Waals surface area contributed by atoms with Crippen LogP contribution >= 0.6 is 11.3 Å². The van der Waals surface area contributed by atoms with Crippen LogP contribution in [0.5, 0.6) is 0 Å². The van der Waals surface area contributed by atoms with E-state index in [2.05, 4.69) is 0 Å². The Bertz CT molecular complexity index is 260. The molecular formula is C6H4F4S. The zero-order chi connectivity index (χ0) is 8.65. The van der Waals surface area contributed by atoms with E-state index in [0.29, 0.717) is 17.4 Å². The van der Waals surface area contributed by atoms with Crippen molar-refractivity contribution in [2.24, 2.45) is 0 Å². The molecule has 1 rings (SSSR count). The highest BCUT2D eigenvalue weighted by Gasteiger charge is 2.34. The maximum Gasteiger partial charge on any atom is 0.417 e. The summed E-state index contributed by atoms with van der Waals surface area (Å²) in [5.74, 6) is 0. The van der Waals surface area contributed by atoms with E-state index in [0.717, 1.165) is 0 Å². The summed E-state index contributed by atoms with van der Waals surface area (Å²) in [6, 6.07) is 0.514. The van der Waals surface area contributed by atoms with Gasteiger partial charge in [-0.15, -0.1) is 11.3 Å². The fraction of sp³-hybridized carbons (Fsp3) is 0.333. The molecule has 0 unspecified atom stereocenters. The van der Waals surface area contributed by atoms with Crippen molar-refractivity contribution in [3.63, 3.8) is 0 Å². The van der Waals surface area contributed by atoms with Crippen molar-refractivity contribution in [3.8, 4) is 0 Å². The molecule has 0 aromatic carbocycles. The molecule has 62 valence electrons. The maximum absolute atomic E-state index is 12.2. The Morgan fingerprint density at radius 1 is 1.36 bits per heavy atom. The van der Waals surface area contributed by atoms with Crippen LogP contribution in [0.4, 0.5) is 17.6 Å². The van der Waals surface area contributed by atoms with Gasteiger partial charge in [0.05, 0.1) is 5.56 Å². The van der Waals surface area contributed by atoms with E-state index >= 15 is 0 Å². The van der Waals surface area contributed by atoms with Crippen LogP contribution < -0.4 is 0 Å². The van der Waals surface area contributed by atoms with E-state index in [1.54, 1.807) is 0 Å². The molecule has 0 nitrogen and oxygen atoms in total. The van der Waals surface area contributed by atoms with E-state index in [1.165, 1.54) is 6.92 Å². The summed E-state index contributed by atoms with van der Waals surface area (Å²) in [7, 11) is 0. The Labute approximate surface area is 64.5 Å². The van der Waals surface area contributed by atoms with Crippen molar-refractivity contribution in [1.82, 2.24) is 0 Å². The average Bonchev–Trinajstić information content (AvgIpc) is 2.08. The predicted octanol–water partition coefficient (Wildman–Crippen LogP) is 3.21. The summed E-state index contributed by atoms with van der Waals surface area (Å²) in [5.41, 5.74) is -0.875. The second kappa shape index (κ2) is 2.48. The topological polar surface area (TPSA) is 0 Å². The van der Waals surface area contributed by atoms with E-state index in [9.17, 15) is 17.6 Å². The number of rotatable bonds is 0. The normalized spacial score (nSPS) is 12.1. The molecule has 0 aliphatic rings. The second-order valence-electron chi connectivity index (χ2n) is 2.02. The molecule has 0 saturated carbocycles. The van der Waals surface area contributed by atoms with Gasteiger partial charge in [-0.05, 0) is 13.0 Å². The summed E-state index contributed by atoms with van der Waals surface area (Å²) < 4.78 is 47.9. The molecule has 0 saturated heterocycles. The van der Waals surface area contributed by atoms with Gasteiger partial charge in [-0.25, -0.2) is 0 Å². The van der Waals surface area contributed by atoms with Crippen LogP contribution in [0.3, 0.4) is 0 Å². The molecule has 0 radical (unpaired) electrons. The van der Waals surface area contributed by atoms with E-state index in [-0.39, 0.29) is 4.88 Å². The smallest absolute Gasteiger partial charge is 0.195 e. The lowest BCUT2D eigenvalue weighted by Gasteiger charge is -2.03. The minimum Gasteiger partial charge on any atom is -0.195 e. The van der Waals surface area contributed by atoms with Crippen LogP contribution in [0.25, 0.3) is 0 Å². The summed E-state index contributed by atoms with van der Waals surface area (Å²) in [5, 5.41) is -0.796. The third-order valence-corrected chi connectivity index (χ3v) is 2.03. The van der Waals surface area contributed by atoms with Crippen LogP contribution in [-0.4, -0.2) is 0 Å². The fourth-order valence-corrected chi connectivity index (χ4v) is 1.48. The Kier molecular flexibility index (Phi) is 1.92. The molecule has 5 heteroatoms. The molecule has 0 spiro atoms. The van der Waals surface area contributed by atoms with Crippen molar-refractivity contribution in [2.45, 2.75) is 13.1 Å². The molecule has 0 atom stereocenters. The van der Waals surface area contributed by atoms with Crippen molar-refractivity contribution >= 4 is 11.3 Å². The molecular weight excluding hydrogens is 180 g/mol. The number of alkyl halides is 3. The van der Waals surface area contributed by atoms with Gasteiger partial charge in [0.15, 0.2) is 5.13 Å². The standard InChI is InChI=1S/C6H4F4S/c1-3-4(6(8,9)10)2-5(7)11-3/h2H,1H3. The third-order valence-electron chi connectivity index (χ3n) is 1.19. The summed E-state index contributed by atoms with van der Waals surface area (Å²) in [6.07, 6.45) is -4.43. The molecule has 1 aromatic rings. The quantitative estimate of drug-likeness (QED) is 0.543. The first-order chi connectivity index (χ1) is 4.91. The van der Waals surface area contributed by atoms with Gasteiger partial charge in [0.2, 0.25) is 0 Å². The van der Waals surface area contributed by atoms with Crippen molar-refractivity contribution < 1.29 is 17.6 Å². The van der Waals surface area contributed by atoms with Crippen molar-refractivity contribution in [3.05, 3.63) is 21.6 Å². The number of hydrogen-bond donors (Lipinski definition) is 0. The Morgan fingerprint density at radius 2 is 1.91 bits per heavy atom. The number of aryl methyl sites for hydroxylation is 1. The van der Waals surface area contributed by atoms with Crippen LogP contribution in [0.2, 0.25) is 0 Å². The van der Waals surface area contributed by atoms with Gasteiger partial charge in [-0.1, -0.05) is 0 Å². The highest BCUT2D eigenvalue weighted by atomic mass is 32.1. The monoisotopic (exact) mass is 184 g/mol. The predicted molar refractivity (Wildman–Crippen MR) is 34.0 cm³/mol. The molecule has 0 N–H and O–H groups in total. The van der Waals surface area contributed by atoms with Crippen LogP contribution in [0, 0.1) is 12.1 Å². The molecule has 1 aromatic heterocycles. The first-order valence-electron chi connectivity index (χ1n) is 2.74. The Hall–Kier alpha value is -0.580. The van der Waals surface area contributed by atoms with Crippen LogP contribution in [0.1, 0.15) is 10.4 Å². The van der Waals surface area contributed by atoms with Crippen molar-refractivity contribution in [2.75, 3.05) is 0 Å². The van der Waals surface area contributed by atoms with Gasteiger partial charge in [0.1, 0.15) is 0 Å². The van der Waals surface area contributed by atoms with Gasteiger partial charge in [-0.2, -0.15) is 17.6 Å². The largest absolute Gasteiger partial charge is 0.417 e. The Morgan fingerprint density at radius 3 is 2.09 bits per heavy atom. The zero-order valence-electron chi connectivity index (χ0n) is 5.50.